The third kappa shape index (κ3) is 4.27. The monoisotopic (exact) mass is 364 g/mol. The standard InChI is InChI=1S/C14H18Cl2N2O3S/c1-22(20,21)18(11-5-6-12(15)13(16)9-11)8-7-17-14(19)10-3-2-4-10/h5-6,9-10H,2-4,7-8H2,1H3,(H,17,19). The Hall–Kier alpha value is -0.980. The van der Waals surface area contributed by atoms with Crippen LogP contribution >= 0.6 is 23.2 Å². The van der Waals surface area contributed by atoms with Crippen molar-refractivity contribution in [2.45, 2.75) is 19.3 Å². The molecule has 1 N–H and O–H groups in total. The number of benzene rings is 1. The van der Waals surface area contributed by atoms with E-state index in [2.05, 4.69) is 5.32 Å². The number of nitrogens with one attached hydrogen (secondary N) is 1. The molecule has 0 heterocycles. The number of amides is 1. The third-order valence-corrected chi connectivity index (χ3v) is 5.61. The fourth-order valence-corrected chi connectivity index (χ4v) is 3.43. The summed E-state index contributed by atoms with van der Waals surface area (Å²) in [7, 11) is -3.48. The maximum Gasteiger partial charge on any atom is 0.232 e. The molecule has 1 saturated carbocycles. The van der Waals surface area contributed by atoms with Crippen molar-refractivity contribution in [3.05, 3.63) is 28.2 Å². The fourth-order valence-electron chi connectivity index (χ4n) is 2.22. The van der Waals surface area contributed by atoms with Crippen molar-refractivity contribution >= 4 is 44.8 Å². The molecule has 0 atom stereocenters. The molecule has 0 unspecified atom stereocenters. The molecule has 1 aromatic rings. The van der Waals surface area contributed by atoms with Gasteiger partial charge in [-0.05, 0) is 31.0 Å². The zero-order valence-corrected chi connectivity index (χ0v) is 14.5. The van der Waals surface area contributed by atoms with Gasteiger partial charge in [0.05, 0.1) is 28.5 Å². The summed E-state index contributed by atoms with van der Waals surface area (Å²) in [6.45, 7) is 0.401. The Bertz CT molecular complexity index is 660. The molecule has 0 spiro atoms. The Morgan fingerprint density at radius 3 is 2.50 bits per heavy atom. The summed E-state index contributed by atoms with van der Waals surface area (Å²) in [4.78, 5) is 11.8. The molecule has 1 aliphatic carbocycles. The van der Waals surface area contributed by atoms with Crippen molar-refractivity contribution in [2.24, 2.45) is 5.92 Å². The maximum absolute atomic E-state index is 11.9. The lowest BCUT2D eigenvalue weighted by molar-refractivity contribution is -0.127. The van der Waals surface area contributed by atoms with Crippen LogP contribution in [0.15, 0.2) is 18.2 Å². The number of halogens is 2. The summed E-state index contributed by atoms with van der Waals surface area (Å²) in [5.41, 5.74) is 0.426. The summed E-state index contributed by atoms with van der Waals surface area (Å²) in [5, 5.41) is 3.42. The normalized spacial score (nSPS) is 15.2. The first-order valence-electron chi connectivity index (χ1n) is 6.99. The van der Waals surface area contributed by atoms with Gasteiger partial charge in [-0.15, -0.1) is 0 Å². The first-order chi connectivity index (χ1) is 10.3. The number of anilines is 1. The van der Waals surface area contributed by atoms with Gasteiger partial charge >= 0.3 is 0 Å². The predicted octanol–water partition coefficient (Wildman–Crippen LogP) is 2.68. The minimum Gasteiger partial charge on any atom is -0.354 e. The highest BCUT2D eigenvalue weighted by Gasteiger charge is 2.25. The molecule has 8 heteroatoms. The summed E-state index contributed by atoms with van der Waals surface area (Å²) >= 11 is 11.8. The van der Waals surface area contributed by atoms with Crippen LogP contribution in [0, 0.1) is 5.92 Å². The lowest BCUT2D eigenvalue weighted by atomic mass is 9.85. The molecule has 1 aromatic carbocycles. The smallest absolute Gasteiger partial charge is 0.232 e. The van der Waals surface area contributed by atoms with Gasteiger partial charge in [-0.1, -0.05) is 29.6 Å². The van der Waals surface area contributed by atoms with E-state index in [1.807, 2.05) is 0 Å². The highest BCUT2D eigenvalue weighted by molar-refractivity contribution is 7.92. The molecule has 0 aromatic heterocycles. The maximum atomic E-state index is 11.9. The van der Waals surface area contributed by atoms with Crippen LogP contribution in [0.1, 0.15) is 19.3 Å². The number of carbonyl (C=O) groups excluding carboxylic acids is 1. The zero-order chi connectivity index (χ0) is 16.3. The quantitative estimate of drug-likeness (QED) is 0.843. The largest absolute Gasteiger partial charge is 0.354 e. The van der Waals surface area contributed by atoms with Gasteiger partial charge in [-0.2, -0.15) is 0 Å². The lowest BCUT2D eigenvalue weighted by Crippen LogP contribution is -2.41. The van der Waals surface area contributed by atoms with Gasteiger partial charge in [0.15, 0.2) is 0 Å². The van der Waals surface area contributed by atoms with E-state index in [1.165, 1.54) is 10.4 Å². The van der Waals surface area contributed by atoms with E-state index < -0.39 is 10.0 Å². The molecular weight excluding hydrogens is 347 g/mol. The lowest BCUT2D eigenvalue weighted by Gasteiger charge is -2.26. The summed E-state index contributed by atoms with van der Waals surface area (Å²) in [5.74, 6) is 0.0745. The molecule has 0 saturated heterocycles. The van der Waals surface area contributed by atoms with Crippen molar-refractivity contribution in [1.29, 1.82) is 0 Å². The Balaban J connectivity index is 2.03. The van der Waals surface area contributed by atoms with E-state index in [-0.39, 0.29) is 29.9 Å². The Kier molecular flexibility index (Phi) is 5.58. The molecule has 1 amide bonds. The second kappa shape index (κ2) is 7.06. The van der Waals surface area contributed by atoms with E-state index in [0.717, 1.165) is 25.5 Å². The van der Waals surface area contributed by atoms with Gasteiger partial charge < -0.3 is 5.32 Å². The van der Waals surface area contributed by atoms with Crippen molar-refractivity contribution in [1.82, 2.24) is 5.32 Å². The van der Waals surface area contributed by atoms with Crippen LogP contribution in [0.5, 0.6) is 0 Å². The number of rotatable bonds is 6. The summed E-state index contributed by atoms with van der Waals surface area (Å²) < 4.78 is 25.1. The van der Waals surface area contributed by atoms with Crippen LogP contribution < -0.4 is 9.62 Å². The van der Waals surface area contributed by atoms with Crippen LogP contribution in [0.25, 0.3) is 0 Å². The van der Waals surface area contributed by atoms with E-state index in [1.54, 1.807) is 12.1 Å². The highest BCUT2D eigenvalue weighted by atomic mass is 35.5. The average Bonchev–Trinajstić information content (AvgIpc) is 2.34. The molecule has 2 rings (SSSR count). The number of sulfonamides is 1. The first kappa shape index (κ1) is 17.4. The predicted molar refractivity (Wildman–Crippen MR) is 89.0 cm³/mol. The number of hydrogen-bond acceptors (Lipinski definition) is 3. The molecule has 0 radical (unpaired) electrons. The van der Waals surface area contributed by atoms with Gasteiger partial charge in [-0.25, -0.2) is 8.42 Å². The van der Waals surface area contributed by atoms with Gasteiger partial charge in [0.2, 0.25) is 15.9 Å². The van der Waals surface area contributed by atoms with Gasteiger partial charge in [0.25, 0.3) is 0 Å². The van der Waals surface area contributed by atoms with Gasteiger partial charge in [-0.3, -0.25) is 9.10 Å². The fraction of sp³-hybridized carbons (Fsp3) is 0.500. The molecule has 0 aliphatic heterocycles. The Morgan fingerprint density at radius 2 is 2.00 bits per heavy atom. The second-order valence-electron chi connectivity index (χ2n) is 5.35. The van der Waals surface area contributed by atoms with Crippen molar-refractivity contribution < 1.29 is 13.2 Å². The highest BCUT2D eigenvalue weighted by Crippen LogP contribution is 2.28. The van der Waals surface area contributed by atoms with Gasteiger partial charge in [0.1, 0.15) is 0 Å². The molecule has 122 valence electrons. The second-order valence-corrected chi connectivity index (χ2v) is 8.07. The minimum absolute atomic E-state index is 0.00570. The molecule has 22 heavy (non-hydrogen) atoms. The summed E-state index contributed by atoms with van der Waals surface area (Å²) in [6.07, 6.45) is 4.02. The van der Waals surface area contributed by atoms with Crippen LogP contribution in [0.3, 0.4) is 0 Å². The third-order valence-electron chi connectivity index (χ3n) is 3.68. The topological polar surface area (TPSA) is 66.5 Å². The Labute approximate surface area is 140 Å². The molecule has 1 fully saturated rings. The van der Waals surface area contributed by atoms with E-state index >= 15 is 0 Å². The minimum atomic E-state index is -3.48. The first-order valence-corrected chi connectivity index (χ1v) is 9.60. The molecule has 1 aliphatic rings. The van der Waals surface area contributed by atoms with Crippen molar-refractivity contribution in [3.63, 3.8) is 0 Å². The number of hydrogen-bond donors (Lipinski definition) is 1. The van der Waals surface area contributed by atoms with E-state index in [0.29, 0.717) is 10.7 Å². The molecule has 5 nitrogen and oxygen atoms in total. The van der Waals surface area contributed by atoms with Crippen molar-refractivity contribution in [3.8, 4) is 0 Å². The van der Waals surface area contributed by atoms with Crippen LogP contribution in [0.4, 0.5) is 5.69 Å². The van der Waals surface area contributed by atoms with Crippen LogP contribution in [0.2, 0.25) is 10.0 Å². The SMILES string of the molecule is CS(=O)(=O)N(CCNC(=O)C1CCC1)c1ccc(Cl)c(Cl)c1. The summed E-state index contributed by atoms with van der Waals surface area (Å²) in [6, 6.07) is 4.63. The molecular formula is C14H18Cl2N2O3S. The van der Waals surface area contributed by atoms with Crippen molar-refractivity contribution in [2.75, 3.05) is 23.7 Å². The molecule has 0 bridgehead atoms. The van der Waals surface area contributed by atoms with Crippen LogP contribution in [-0.2, 0) is 14.8 Å². The van der Waals surface area contributed by atoms with Crippen LogP contribution in [-0.4, -0.2) is 33.7 Å². The van der Waals surface area contributed by atoms with Gasteiger partial charge in [0, 0.05) is 12.5 Å². The van der Waals surface area contributed by atoms with E-state index in [4.69, 9.17) is 23.2 Å². The Morgan fingerprint density at radius 1 is 1.32 bits per heavy atom. The number of nitrogens with zero attached hydrogens (tertiary/aromatic N) is 1. The number of carbonyl (C=O) groups is 1. The van der Waals surface area contributed by atoms with E-state index in [9.17, 15) is 13.2 Å². The zero-order valence-electron chi connectivity index (χ0n) is 12.2. The average molecular weight is 365 g/mol.